The van der Waals surface area contributed by atoms with Crippen molar-refractivity contribution >= 4 is 35.8 Å². The number of nitrogens with one attached hydrogen (secondary N) is 2. The first-order chi connectivity index (χ1) is 12.8. The molecule has 7 heteroatoms. The first-order valence-corrected chi connectivity index (χ1v) is 9.79. The molecule has 27 heavy (non-hydrogen) atoms. The second kappa shape index (κ2) is 11.4. The average Bonchev–Trinajstić information content (AvgIpc) is 3.08. The number of aliphatic imine (C=N–C) groups is 1. The van der Waals surface area contributed by atoms with Crippen LogP contribution in [0.1, 0.15) is 44.1 Å². The molecule has 6 nitrogen and oxygen atoms in total. The molecule has 2 aliphatic rings. The van der Waals surface area contributed by atoms with Crippen molar-refractivity contribution in [1.82, 2.24) is 15.5 Å². The quantitative estimate of drug-likeness (QED) is 0.269. The molecule has 0 spiro atoms. The van der Waals surface area contributed by atoms with Crippen molar-refractivity contribution in [3.05, 3.63) is 29.8 Å². The van der Waals surface area contributed by atoms with Crippen LogP contribution in [0.3, 0.4) is 0 Å². The zero-order valence-electron chi connectivity index (χ0n) is 16.1. The van der Waals surface area contributed by atoms with E-state index >= 15 is 0 Å². The van der Waals surface area contributed by atoms with Crippen molar-refractivity contribution < 1.29 is 9.53 Å². The number of guanidine groups is 1. The molecule has 0 saturated carbocycles. The Morgan fingerprint density at radius 3 is 2.96 bits per heavy atom. The summed E-state index contributed by atoms with van der Waals surface area (Å²) in [7, 11) is 0. The summed E-state index contributed by atoms with van der Waals surface area (Å²) in [4.78, 5) is 18.4. The summed E-state index contributed by atoms with van der Waals surface area (Å²) < 4.78 is 5.73. The maximum Gasteiger partial charge on any atom is 0.222 e. The summed E-state index contributed by atoms with van der Waals surface area (Å²) in [5.41, 5.74) is 1.26. The van der Waals surface area contributed by atoms with Gasteiger partial charge in [0.15, 0.2) is 5.96 Å². The lowest BCUT2D eigenvalue weighted by Crippen LogP contribution is -2.39. The molecule has 0 bridgehead atoms. The van der Waals surface area contributed by atoms with E-state index in [2.05, 4.69) is 29.7 Å². The van der Waals surface area contributed by atoms with Crippen LogP contribution in [0.15, 0.2) is 29.3 Å². The standard InChI is InChI=1S/C20H30N4O2.HI/c1-2-21-20(22-11-6-13-24-12-5-9-19(24)25)23-15-16-10-14-26-18-8-4-3-7-17(16)18;/h3-4,7-8,16H,2,5-6,9-15H2,1H3,(H2,21,22,23);1H. The average molecular weight is 486 g/mol. The lowest BCUT2D eigenvalue weighted by Gasteiger charge is -2.25. The topological polar surface area (TPSA) is 66.0 Å². The molecule has 2 aliphatic heterocycles. The minimum atomic E-state index is 0. The van der Waals surface area contributed by atoms with Crippen molar-refractivity contribution in [3.63, 3.8) is 0 Å². The number of halogens is 1. The number of para-hydroxylation sites is 1. The molecule has 3 rings (SSSR count). The molecule has 1 aromatic carbocycles. The van der Waals surface area contributed by atoms with Gasteiger partial charge in [0.2, 0.25) is 5.91 Å². The number of carbonyl (C=O) groups excluding carboxylic acids is 1. The molecule has 1 unspecified atom stereocenters. The summed E-state index contributed by atoms with van der Waals surface area (Å²) in [6.07, 6.45) is 3.65. The van der Waals surface area contributed by atoms with Crippen LogP contribution in [-0.2, 0) is 4.79 Å². The molecular weight excluding hydrogens is 455 g/mol. The van der Waals surface area contributed by atoms with Crippen LogP contribution in [0, 0.1) is 0 Å². The van der Waals surface area contributed by atoms with Crippen LogP contribution < -0.4 is 15.4 Å². The predicted molar refractivity (Wildman–Crippen MR) is 119 cm³/mol. The maximum absolute atomic E-state index is 11.6. The number of benzene rings is 1. The van der Waals surface area contributed by atoms with E-state index < -0.39 is 0 Å². The minimum absolute atomic E-state index is 0. The van der Waals surface area contributed by atoms with Crippen LogP contribution in [0.25, 0.3) is 0 Å². The summed E-state index contributed by atoms with van der Waals surface area (Å²) in [5, 5.41) is 6.70. The number of nitrogens with zero attached hydrogens (tertiary/aromatic N) is 2. The van der Waals surface area contributed by atoms with Gasteiger partial charge in [-0.3, -0.25) is 9.79 Å². The van der Waals surface area contributed by atoms with Crippen LogP contribution in [-0.4, -0.2) is 56.1 Å². The van der Waals surface area contributed by atoms with Gasteiger partial charge in [0.05, 0.1) is 6.61 Å². The lowest BCUT2D eigenvalue weighted by atomic mass is 9.93. The largest absolute Gasteiger partial charge is 0.493 e. The van der Waals surface area contributed by atoms with Crippen molar-refractivity contribution in [3.8, 4) is 5.75 Å². The fraction of sp³-hybridized carbons (Fsp3) is 0.600. The SMILES string of the molecule is CCNC(=NCC1CCOc2ccccc21)NCCCN1CCCC1=O.I. The van der Waals surface area contributed by atoms with Gasteiger partial charge < -0.3 is 20.3 Å². The highest BCUT2D eigenvalue weighted by molar-refractivity contribution is 14.0. The molecule has 0 radical (unpaired) electrons. The fourth-order valence-corrected chi connectivity index (χ4v) is 3.57. The number of rotatable bonds is 7. The second-order valence-electron chi connectivity index (χ2n) is 6.86. The van der Waals surface area contributed by atoms with Gasteiger partial charge in [-0.15, -0.1) is 24.0 Å². The summed E-state index contributed by atoms with van der Waals surface area (Å²) in [5.74, 6) is 2.54. The van der Waals surface area contributed by atoms with Gasteiger partial charge in [0, 0.05) is 45.1 Å². The first-order valence-electron chi connectivity index (χ1n) is 9.79. The maximum atomic E-state index is 11.6. The van der Waals surface area contributed by atoms with Gasteiger partial charge in [-0.05, 0) is 37.8 Å². The van der Waals surface area contributed by atoms with Crippen LogP contribution in [0.5, 0.6) is 5.75 Å². The van der Waals surface area contributed by atoms with Gasteiger partial charge in [0.1, 0.15) is 5.75 Å². The zero-order valence-corrected chi connectivity index (χ0v) is 18.4. The molecule has 1 amide bonds. The molecule has 0 aliphatic carbocycles. The predicted octanol–water partition coefficient (Wildman–Crippen LogP) is 2.74. The van der Waals surface area contributed by atoms with Gasteiger partial charge in [0.25, 0.3) is 0 Å². The highest BCUT2D eigenvalue weighted by Gasteiger charge is 2.21. The second-order valence-corrected chi connectivity index (χ2v) is 6.86. The number of carbonyl (C=O) groups is 1. The van der Waals surface area contributed by atoms with E-state index in [1.807, 2.05) is 17.0 Å². The molecule has 1 aromatic rings. The highest BCUT2D eigenvalue weighted by atomic mass is 127. The monoisotopic (exact) mass is 486 g/mol. The van der Waals surface area contributed by atoms with Gasteiger partial charge in [-0.2, -0.15) is 0 Å². The minimum Gasteiger partial charge on any atom is -0.493 e. The Labute approximate surface area is 179 Å². The number of likely N-dealkylation sites (tertiary alicyclic amines) is 1. The van der Waals surface area contributed by atoms with Crippen molar-refractivity contribution in [2.45, 2.75) is 38.5 Å². The van der Waals surface area contributed by atoms with Crippen LogP contribution in [0.2, 0.25) is 0 Å². The smallest absolute Gasteiger partial charge is 0.222 e. The van der Waals surface area contributed by atoms with Crippen LogP contribution >= 0.6 is 24.0 Å². The molecule has 1 saturated heterocycles. The van der Waals surface area contributed by atoms with Crippen molar-refractivity contribution in [2.24, 2.45) is 4.99 Å². The summed E-state index contributed by atoms with van der Waals surface area (Å²) in [6, 6.07) is 8.25. The number of hydrogen-bond acceptors (Lipinski definition) is 3. The molecule has 150 valence electrons. The third kappa shape index (κ3) is 6.26. The Morgan fingerprint density at radius 2 is 2.19 bits per heavy atom. The summed E-state index contributed by atoms with van der Waals surface area (Å²) in [6.45, 7) is 6.98. The highest BCUT2D eigenvalue weighted by Crippen LogP contribution is 2.33. The van der Waals surface area contributed by atoms with E-state index in [0.717, 1.165) is 70.3 Å². The zero-order chi connectivity index (χ0) is 18.2. The van der Waals surface area contributed by atoms with Gasteiger partial charge in [-0.1, -0.05) is 18.2 Å². The Morgan fingerprint density at radius 1 is 1.33 bits per heavy atom. The summed E-state index contributed by atoms with van der Waals surface area (Å²) >= 11 is 0. The number of fused-ring (bicyclic) bond motifs is 1. The Balaban J connectivity index is 0.00000261. The molecular formula is C20H31IN4O2. The van der Waals surface area contributed by atoms with Crippen molar-refractivity contribution in [1.29, 1.82) is 0 Å². The molecule has 2 heterocycles. The molecule has 1 fully saturated rings. The number of ether oxygens (including phenoxy) is 1. The third-order valence-corrected chi connectivity index (χ3v) is 4.97. The van der Waals surface area contributed by atoms with E-state index in [9.17, 15) is 4.79 Å². The Hall–Kier alpha value is -1.51. The lowest BCUT2D eigenvalue weighted by molar-refractivity contribution is -0.127. The van der Waals surface area contributed by atoms with Crippen molar-refractivity contribution in [2.75, 3.05) is 39.3 Å². The number of hydrogen-bond donors (Lipinski definition) is 2. The van der Waals surface area contributed by atoms with E-state index in [1.54, 1.807) is 0 Å². The van der Waals surface area contributed by atoms with Gasteiger partial charge >= 0.3 is 0 Å². The van der Waals surface area contributed by atoms with E-state index in [1.165, 1.54) is 5.56 Å². The fourth-order valence-electron chi connectivity index (χ4n) is 3.57. The van der Waals surface area contributed by atoms with Crippen LogP contribution in [0.4, 0.5) is 0 Å². The van der Waals surface area contributed by atoms with E-state index in [-0.39, 0.29) is 24.0 Å². The van der Waals surface area contributed by atoms with E-state index in [4.69, 9.17) is 9.73 Å². The molecule has 1 atom stereocenters. The first kappa shape index (κ1) is 21.8. The number of amides is 1. The third-order valence-electron chi connectivity index (χ3n) is 4.97. The molecule has 2 N–H and O–H groups in total. The molecule has 0 aromatic heterocycles. The Bertz CT molecular complexity index is 638. The normalized spacial score (nSPS) is 19.1. The van der Waals surface area contributed by atoms with E-state index in [0.29, 0.717) is 18.2 Å². The Kier molecular flexibility index (Phi) is 9.17. The van der Waals surface area contributed by atoms with Gasteiger partial charge in [-0.25, -0.2) is 0 Å².